The molecule has 0 aliphatic carbocycles. The number of aliphatic hydroxyl groups is 4. The van der Waals surface area contributed by atoms with Crippen molar-refractivity contribution in [1.29, 1.82) is 0 Å². The molecule has 0 spiro atoms. The van der Waals surface area contributed by atoms with Gasteiger partial charge in [-0.15, -0.1) is 0 Å². The van der Waals surface area contributed by atoms with Crippen molar-refractivity contribution in [2.45, 2.75) is 75.4 Å². The van der Waals surface area contributed by atoms with E-state index in [0.29, 0.717) is 10.8 Å². The summed E-state index contributed by atoms with van der Waals surface area (Å²) in [7, 11) is 0. The van der Waals surface area contributed by atoms with Crippen LogP contribution in [0.25, 0.3) is 10.8 Å². The summed E-state index contributed by atoms with van der Waals surface area (Å²) in [5.74, 6) is -4.87. The van der Waals surface area contributed by atoms with Crippen LogP contribution in [0.3, 0.4) is 0 Å². The molecule has 2 aromatic rings. The number of rotatable bonds is 14. The number of aliphatic carboxylic acids is 2. The SMILES string of the molecule is C[C@@H](NC(=O)CCO[C@@H]1OC(CO)C(O)C(O)CC1O)C(=O)Nc1ccc2ccccc2c1C(=O)NC(CCC(=O)O)C(=O)O. The molecular weight excluding hydrogens is 598 g/mol. The molecule has 1 aliphatic rings. The van der Waals surface area contributed by atoms with Gasteiger partial charge in [-0.2, -0.15) is 0 Å². The molecule has 0 radical (unpaired) electrons. The topological polar surface area (TPSA) is 261 Å². The summed E-state index contributed by atoms with van der Waals surface area (Å²) >= 11 is 0. The number of hydrogen-bond donors (Lipinski definition) is 9. The van der Waals surface area contributed by atoms with Crippen LogP contribution in [0.1, 0.15) is 43.0 Å². The average Bonchev–Trinajstić information content (AvgIpc) is 3.09. The van der Waals surface area contributed by atoms with Gasteiger partial charge in [0.2, 0.25) is 11.8 Å². The normalized spacial score (nSPS) is 22.9. The van der Waals surface area contributed by atoms with Gasteiger partial charge in [0, 0.05) is 12.8 Å². The third kappa shape index (κ3) is 9.65. The standard InChI is InChI=1S/C29H37N3O13/c1-14(30-22(36)10-11-44-29-20(35)12-19(34)25(39)21(13-33)45-29)26(40)31-17-7-6-15-4-2-3-5-16(15)24(17)27(41)32-18(28(42)43)8-9-23(37)38/h2-7,14,18-21,25,29,33-35,39H,8-13H2,1H3,(H,30,36)(H,31,40)(H,32,41)(H,37,38)(H,42,43)/t14-,18?,19?,20?,21?,25?,29-/m1/s1. The predicted molar refractivity (Wildman–Crippen MR) is 155 cm³/mol. The van der Waals surface area contributed by atoms with Gasteiger partial charge in [0.05, 0.1) is 37.0 Å². The molecule has 1 fully saturated rings. The number of ether oxygens (including phenoxy) is 2. The zero-order valence-corrected chi connectivity index (χ0v) is 24.3. The van der Waals surface area contributed by atoms with Gasteiger partial charge in [-0.3, -0.25) is 19.2 Å². The number of nitrogens with one attached hydrogen (secondary N) is 3. The van der Waals surface area contributed by atoms with Crippen molar-refractivity contribution in [3.8, 4) is 0 Å². The molecule has 45 heavy (non-hydrogen) atoms. The maximum absolute atomic E-state index is 13.3. The first-order valence-corrected chi connectivity index (χ1v) is 14.1. The van der Waals surface area contributed by atoms with Gasteiger partial charge in [0.25, 0.3) is 5.91 Å². The minimum Gasteiger partial charge on any atom is -0.481 e. The molecule has 3 rings (SSSR count). The molecule has 246 valence electrons. The highest BCUT2D eigenvalue weighted by Gasteiger charge is 2.38. The van der Waals surface area contributed by atoms with Gasteiger partial charge in [-0.05, 0) is 30.2 Å². The molecule has 0 aromatic heterocycles. The Kier molecular flexibility index (Phi) is 12.7. The molecule has 1 saturated heterocycles. The summed E-state index contributed by atoms with van der Waals surface area (Å²) in [6.45, 7) is 0.450. The Bertz CT molecular complexity index is 1390. The Morgan fingerprint density at radius 2 is 1.69 bits per heavy atom. The third-order valence-corrected chi connectivity index (χ3v) is 7.11. The fourth-order valence-electron chi connectivity index (χ4n) is 4.65. The first kappa shape index (κ1) is 35.3. The van der Waals surface area contributed by atoms with Crippen LogP contribution >= 0.6 is 0 Å². The number of fused-ring (bicyclic) bond motifs is 1. The predicted octanol–water partition coefficient (Wildman–Crippen LogP) is -1.07. The molecule has 0 saturated carbocycles. The molecule has 9 N–H and O–H groups in total. The van der Waals surface area contributed by atoms with E-state index in [1.807, 2.05) is 0 Å². The fourth-order valence-corrected chi connectivity index (χ4v) is 4.65. The minimum atomic E-state index is -1.51. The Morgan fingerprint density at radius 3 is 2.36 bits per heavy atom. The lowest BCUT2D eigenvalue weighted by molar-refractivity contribution is -0.225. The summed E-state index contributed by atoms with van der Waals surface area (Å²) in [5, 5.41) is 66.2. The number of anilines is 1. The van der Waals surface area contributed by atoms with E-state index in [-0.39, 0.29) is 37.1 Å². The maximum Gasteiger partial charge on any atom is 0.326 e. The quantitative estimate of drug-likeness (QED) is 0.120. The van der Waals surface area contributed by atoms with Crippen LogP contribution in [0.4, 0.5) is 5.69 Å². The van der Waals surface area contributed by atoms with Gasteiger partial charge < -0.3 is 56.1 Å². The lowest BCUT2D eigenvalue weighted by atomic mass is 10.0. The summed E-state index contributed by atoms with van der Waals surface area (Å²) in [6, 6.07) is 7.10. The first-order valence-electron chi connectivity index (χ1n) is 14.1. The highest BCUT2D eigenvalue weighted by atomic mass is 16.7. The van der Waals surface area contributed by atoms with Crippen molar-refractivity contribution in [2.24, 2.45) is 0 Å². The summed E-state index contributed by atoms with van der Waals surface area (Å²) < 4.78 is 10.7. The second kappa shape index (κ2) is 16.2. The monoisotopic (exact) mass is 635 g/mol. The summed E-state index contributed by atoms with van der Waals surface area (Å²) in [5.41, 5.74) is -0.0429. The van der Waals surface area contributed by atoms with Crippen LogP contribution < -0.4 is 16.0 Å². The average molecular weight is 636 g/mol. The Labute approximate surface area is 256 Å². The third-order valence-electron chi connectivity index (χ3n) is 7.11. The van der Waals surface area contributed by atoms with Crippen LogP contribution in [-0.4, -0.2) is 116 Å². The Hall–Kier alpha value is -4.19. The van der Waals surface area contributed by atoms with Gasteiger partial charge in [-0.25, -0.2) is 4.79 Å². The lowest BCUT2D eigenvalue weighted by Crippen LogP contribution is -2.43. The van der Waals surface area contributed by atoms with Crippen LogP contribution in [0.5, 0.6) is 0 Å². The maximum atomic E-state index is 13.3. The minimum absolute atomic E-state index is 0.0188. The van der Waals surface area contributed by atoms with Crippen molar-refractivity contribution < 1.29 is 64.1 Å². The van der Waals surface area contributed by atoms with Crippen LogP contribution in [0.2, 0.25) is 0 Å². The number of carbonyl (C=O) groups is 5. The van der Waals surface area contributed by atoms with Gasteiger partial charge in [-0.1, -0.05) is 30.3 Å². The van der Waals surface area contributed by atoms with Crippen molar-refractivity contribution in [3.63, 3.8) is 0 Å². The van der Waals surface area contributed by atoms with E-state index in [1.165, 1.54) is 13.0 Å². The second-order valence-electron chi connectivity index (χ2n) is 10.5. The van der Waals surface area contributed by atoms with E-state index in [2.05, 4.69) is 16.0 Å². The smallest absolute Gasteiger partial charge is 0.326 e. The molecule has 1 heterocycles. The lowest BCUT2D eigenvalue weighted by Gasteiger charge is -2.25. The molecule has 2 aromatic carbocycles. The number of hydrogen-bond acceptors (Lipinski definition) is 11. The molecule has 3 amide bonds. The van der Waals surface area contributed by atoms with Crippen molar-refractivity contribution >= 4 is 46.1 Å². The molecular formula is C29H37N3O13. The van der Waals surface area contributed by atoms with E-state index in [4.69, 9.17) is 14.6 Å². The molecule has 16 nitrogen and oxygen atoms in total. The van der Waals surface area contributed by atoms with Crippen molar-refractivity contribution in [1.82, 2.24) is 10.6 Å². The van der Waals surface area contributed by atoms with Crippen molar-refractivity contribution in [3.05, 3.63) is 42.0 Å². The molecule has 16 heteroatoms. The van der Waals surface area contributed by atoms with Gasteiger partial charge in [0.15, 0.2) is 6.29 Å². The number of carboxylic acids is 2. The first-order chi connectivity index (χ1) is 21.3. The van der Waals surface area contributed by atoms with E-state index in [0.717, 1.165) is 0 Å². The van der Waals surface area contributed by atoms with Crippen LogP contribution in [-0.2, 0) is 28.7 Å². The van der Waals surface area contributed by atoms with Gasteiger partial charge >= 0.3 is 11.9 Å². The number of aliphatic hydroxyl groups excluding tert-OH is 4. The van der Waals surface area contributed by atoms with E-state index in [1.54, 1.807) is 30.3 Å². The fraction of sp³-hybridized carbons (Fsp3) is 0.483. The molecule has 0 bridgehead atoms. The summed E-state index contributed by atoms with van der Waals surface area (Å²) in [4.78, 5) is 61.5. The molecule has 1 aliphatic heterocycles. The Morgan fingerprint density at radius 1 is 0.978 bits per heavy atom. The largest absolute Gasteiger partial charge is 0.481 e. The summed E-state index contributed by atoms with van der Waals surface area (Å²) in [6.07, 6.45) is -8.17. The number of benzene rings is 2. The van der Waals surface area contributed by atoms with Crippen molar-refractivity contribution in [2.75, 3.05) is 18.5 Å². The Balaban J connectivity index is 1.65. The van der Waals surface area contributed by atoms with Crippen LogP contribution in [0.15, 0.2) is 36.4 Å². The number of amides is 3. The molecule has 5 unspecified atom stereocenters. The number of carboxylic acid groups (broad SMARTS) is 2. The number of carbonyl (C=O) groups excluding carboxylic acids is 3. The zero-order chi connectivity index (χ0) is 33.3. The van der Waals surface area contributed by atoms with E-state index >= 15 is 0 Å². The highest BCUT2D eigenvalue weighted by Crippen LogP contribution is 2.27. The zero-order valence-electron chi connectivity index (χ0n) is 24.3. The highest BCUT2D eigenvalue weighted by molar-refractivity contribution is 6.14. The van der Waals surface area contributed by atoms with Crippen LogP contribution in [0, 0.1) is 0 Å². The second-order valence-corrected chi connectivity index (χ2v) is 10.5. The molecule has 7 atom stereocenters. The van der Waals surface area contributed by atoms with Gasteiger partial charge in [0.1, 0.15) is 30.4 Å². The van der Waals surface area contributed by atoms with E-state index in [9.17, 15) is 49.5 Å². The van der Waals surface area contributed by atoms with E-state index < -0.39 is 85.5 Å².